The van der Waals surface area contributed by atoms with Crippen molar-refractivity contribution < 1.29 is 9.53 Å². The molecule has 0 atom stereocenters. The maximum atomic E-state index is 11.0. The maximum absolute atomic E-state index is 11.0. The highest BCUT2D eigenvalue weighted by atomic mass is 16.5. The van der Waals surface area contributed by atoms with Gasteiger partial charge in [0.1, 0.15) is 0 Å². The summed E-state index contributed by atoms with van der Waals surface area (Å²) in [7, 11) is 1.40. The molecule has 0 aromatic heterocycles. The topological polar surface area (TPSA) is 26.3 Å². The van der Waals surface area contributed by atoms with E-state index in [1.165, 1.54) is 7.11 Å². The van der Waals surface area contributed by atoms with E-state index in [4.69, 9.17) is 0 Å². The van der Waals surface area contributed by atoms with Crippen LogP contribution in [0.1, 0.15) is 34.1 Å². The average molecular weight is 170 g/mol. The number of esters is 1. The highest BCUT2D eigenvalue weighted by molar-refractivity contribution is 5.87. The zero-order valence-corrected chi connectivity index (χ0v) is 8.60. The van der Waals surface area contributed by atoms with Gasteiger partial charge in [-0.25, -0.2) is 4.79 Å². The Morgan fingerprint density at radius 2 is 2.00 bits per heavy atom. The average Bonchev–Trinajstić information content (AvgIpc) is 2.02. The Kier molecular flexibility index (Phi) is 4.01. The number of ether oxygens (including phenoxy) is 1. The molecule has 0 rings (SSSR count). The SMILES string of the molecule is CCC(C)(C)C=C(C)C(=O)OC. The second-order valence-electron chi connectivity index (χ2n) is 3.66. The number of rotatable bonds is 3. The smallest absolute Gasteiger partial charge is 0.333 e. The van der Waals surface area contributed by atoms with Crippen LogP contribution in [-0.4, -0.2) is 13.1 Å². The van der Waals surface area contributed by atoms with Crippen LogP contribution in [-0.2, 0) is 9.53 Å². The number of carbonyl (C=O) groups is 1. The lowest BCUT2D eigenvalue weighted by Gasteiger charge is -2.17. The Hall–Kier alpha value is -0.790. The van der Waals surface area contributed by atoms with Crippen LogP contribution < -0.4 is 0 Å². The van der Waals surface area contributed by atoms with E-state index in [9.17, 15) is 4.79 Å². The van der Waals surface area contributed by atoms with Gasteiger partial charge < -0.3 is 4.74 Å². The lowest BCUT2D eigenvalue weighted by molar-refractivity contribution is -0.136. The number of hydrogen-bond donors (Lipinski definition) is 0. The molecule has 0 saturated carbocycles. The van der Waals surface area contributed by atoms with Crippen LogP contribution in [0.15, 0.2) is 11.6 Å². The van der Waals surface area contributed by atoms with Gasteiger partial charge in [-0.05, 0) is 18.8 Å². The van der Waals surface area contributed by atoms with Gasteiger partial charge in [0.25, 0.3) is 0 Å². The fourth-order valence-electron chi connectivity index (χ4n) is 0.908. The summed E-state index contributed by atoms with van der Waals surface area (Å²) in [5.41, 5.74) is 0.766. The van der Waals surface area contributed by atoms with Gasteiger partial charge in [-0.3, -0.25) is 0 Å². The number of methoxy groups -OCH3 is 1. The van der Waals surface area contributed by atoms with Gasteiger partial charge in [-0.1, -0.05) is 26.8 Å². The molecule has 0 bridgehead atoms. The Bertz CT molecular complexity index is 190. The summed E-state index contributed by atoms with van der Waals surface area (Å²) in [5, 5.41) is 0. The van der Waals surface area contributed by atoms with E-state index in [1.807, 2.05) is 6.08 Å². The van der Waals surface area contributed by atoms with Gasteiger partial charge in [0.05, 0.1) is 7.11 Å². The Morgan fingerprint density at radius 1 is 1.50 bits per heavy atom. The molecule has 0 fully saturated rings. The van der Waals surface area contributed by atoms with Gasteiger partial charge in [-0.2, -0.15) is 0 Å². The molecule has 12 heavy (non-hydrogen) atoms. The fourth-order valence-corrected chi connectivity index (χ4v) is 0.908. The molecule has 0 aliphatic rings. The van der Waals surface area contributed by atoms with Crippen molar-refractivity contribution in [1.29, 1.82) is 0 Å². The first-order valence-electron chi connectivity index (χ1n) is 4.20. The van der Waals surface area contributed by atoms with Crippen LogP contribution in [0, 0.1) is 5.41 Å². The zero-order chi connectivity index (χ0) is 9.78. The van der Waals surface area contributed by atoms with Gasteiger partial charge in [0.15, 0.2) is 0 Å². The molecule has 2 nitrogen and oxygen atoms in total. The summed E-state index contributed by atoms with van der Waals surface area (Å²) >= 11 is 0. The number of hydrogen-bond acceptors (Lipinski definition) is 2. The van der Waals surface area contributed by atoms with Crippen molar-refractivity contribution in [3.8, 4) is 0 Å². The van der Waals surface area contributed by atoms with Crippen molar-refractivity contribution in [2.75, 3.05) is 7.11 Å². The van der Waals surface area contributed by atoms with Gasteiger partial charge in [-0.15, -0.1) is 0 Å². The van der Waals surface area contributed by atoms with Crippen molar-refractivity contribution in [2.24, 2.45) is 5.41 Å². The molecular formula is C10H18O2. The molecule has 0 N–H and O–H groups in total. The van der Waals surface area contributed by atoms with Crippen LogP contribution >= 0.6 is 0 Å². The predicted molar refractivity (Wildman–Crippen MR) is 49.8 cm³/mol. The normalized spacial score (nSPS) is 12.9. The van der Waals surface area contributed by atoms with E-state index in [2.05, 4.69) is 25.5 Å². The molecule has 0 spiro atoms. The minimum Gasteiger partial charge on any atom is -0.466 e. The summed E-state index contributed by atoms with van der Waals surface area (Å²) in [4.78, 5) is 11.0. The standard InChI is InChI=1S/C10H18O2/c1-6-10(3,4)7-8(2)9(11)12-5/h7H,6H2,1-5H3. The van der Waals surface area contributed by atoms with E-state index in [-0.39, 0.29) is 11.4 Å². The highest BCUT2D eigenvalue weighted by Gasteiger charge is 2.14. The summed E-state index contributed by atoms with van der Waals surface area (Å²) in [6.07, 6.45) is 2.97. The van der Waals surface area contributed by atoms with Crippen LogP contribution in [0.2, 0.25) is 0 Å². The molecule has 0 aliphatic carbocycles. The van der Waals surface area contributed by atoms with Gasteiger partial charge >= 0.3 is 5.97 Å². The van der Waals surface area contributed by atoms with E-state index >= 15 is 0 Å². The summed E-state index contributed by atoms with van der Waals surface area (Å²) < 4.78 is 4.60. The van der Waals surface area contributed by atoms with Crippen LogP contribution in [0.4, 0.5) is 0 Å². The maximum Gasteiger partial charge on any atom is 0.333 e. The number of carbonyl (C=O) groups excluding carboxylic acids is 1. The Labute approximate surface area is 74.6 Å². The van der Waals surface area contributed by atoms with Crippen molar-refractivity contribution in [3.63, 3.8) is 0 Å². The second kappa shape index (κ2) is 4.29. The second-order valence-corrected chi connectivity index (χ2v) is 3.66. The van der Waals surface area contributed by atoms with Crippen LogP contribution in [0.3, 0.4) is 0 Å². The lowest BCUT2D eigenvalue weighted by atomic mass is 9.88. The molecular weight excluding hydrogens is 152 g/mol. The monoisotopic (exact) mass is 170 g/mol. The fraction of sp³-hybridized carbons (Fsp3) is 0.700. The molecule has 0 saturated heterocycles. The zero-order valence-electron chi connectivity index (χ0n) is 8.60. The molecule has 0 amide bonds. The lowest BCUT2D eigenvalue weighted by Crippen LogP contribution is -2.10. The molecule has 0 heterocycles. The molecule has 0 aromatic carbocycles. The first-order valence-corrected chi connectivity index (χ1v) is 4.20. The third kappa shape index (κ3) is 3.56. The van der Waals surface area contributed by atoms with Crippen molar-refractivity contribution in [2.45, 2.75) is 34.1 Å². The summed E-state index contributed by atoms with van der Waals surface area (Å²) in [6.45, 7) is 8.07. The van der Waals surface area contributed by atoms with E-state index in [1.54, 1.807) is 6.92 Å². The first kappa shape index (κ1) is 11.2. The molecule has 0 radical (unpaired) electrons. The van der Waals surface area contributed by atoms with Crippen LogP contribution in [0.5, 0.6) is 0 Å². The van der Waals surface area contributed by atoms with Crippen LogP contribution in [0.25, 0.3) is 0 Å². The van der Waals surface area contributed by atoms with Gasteiger partial charge in [0.2, 0.25) is 0 Å². The Balaban J connectivity index is 4.45. The quantitative estimate of drug-likeness (QED) is 0.480. The molecule has 2 heteroatoms. The number of allylic oxidation sites excluding steroid dienone is 1. The molecule has 0 unspecified atom stereocenters. The van der Waals surface area contributed by atoms with Crippen molar-refractivity contribution in [1.82, 2.24) is 0 Å². The van der Waals surface area contributed by atoms with Crippen molar-refractivity contribution >= 4 is 5.97 Å². The molecule has 0 aromatic rings. The minimum atomic E-state index is -0.239. The van der Waals surface area contributed by atoms with E-state index < -0.39 is 0 Å². The third-order valence-corrected chi connectivity index (χ3v) is 2.03. The van der Waals surface area contributed by atoms with Gasteiger partial charge in [0, 0.05) is 5.57 Å². The summed E-state index contributed by atoms with van der Waals surface area (Å²) in [6, 6.07) is 0. The highest BCUT2D eigenvalue weighted by Crippen LogP contribution is 2.23. The van der Waals surface area contributed by atoms with Crippen molar-refractivity contribution in [3.05, 3.63) is 11.6 Å². The summed E-state index contributed by atoms with van der Waals surface area (Å²) in [5.74, 6) is -0.239. The third-order valence-electron chi connectivity index (χ3n) is 2.03. The largest absolute Gasteiger partial charge is 0.466 e. The van der Waals surface area contributed by atoms with E-state index in [0.29, 0.717) is 5.57 Å². The molecule has 0 aliphatic heterocycles. The Morgan fingerprint density at radius 3 is 2.33 bits per heavy atom. The molecule has 70 valence electrons. The minimum absolute atomic E-state index is 0.0816. The first-order chi connectivity index (χ1) is 5.43. The predicted octanol–water partition coefficient (Wildman–Crippen LogP) is 2.54. The van der Waals surface area contributed by atoms with E-state index in [0.717, 1.165) is 6.42 Å².